The number of rotatable bonds is 70. The molecule has 2 unspecified atom stereocenters. The summed E-state index contributed by atoms with van der Waals surface area (Å²) in [5, 5.41) is 0. The summed E-state index contributed by atoms with van der Waals surface area (Å²) >= 11 is 0. The summed E-state index contributed by atoms with van der Waals surface area (Å²) < 4.78 is 34.4. The molecule has 0 rings (SSSR count). The van der Waals surface area contributed by atoms with Gasteiger partial charge in [-0.3, -0.25) is 14.2 Å². The lowest BCUT2D eigenvalue weighted by Gasteiger charge is -2.28. The molecule has 0 aliphatic carbocycles. The third kappa shape index (κ3) is 82.8. The Balaban J connectivity index is 4.15. The van der Waals surface area contributed by atoms with Crippen molar-refractivity contribution in [1.82, 2.24) is 0 Å². The molecular formula is C92H144NO8P. The van der Waals surface area contributed by atoms with E-state index in [9.17, 15) is 19.0 Å². The zero-order valence-electron chi connectivity index (χ0n) is 64.9. The molecule has 0 aliphatic rings. The van der Waals surface area contributed by atoms with Gasteiger partial charge in [0.15, 0.2) is 6.10 Å². The van der Waals surface area contributed by atoms with Crippen LogP contribution in [0, 0.1) is 0 Å². The van der Waals surface area contributed by atoms with E-state index in [0.29, 0.717) is 23.9 Å². The van der Waals surface area contributed by atoms with Gasteiger partial charge in [-0.1, -0.05) is 334 Å². The molecule has 0 spiro atoms. The van der Waals surface area contributed by atoms with Crippen LogP contribution in [0.4, 0.5) is 0 Å². The molecule has 0 aliphatic heterocycles. The number of hydrogen-bond acceptors (Lipinski definition) is 8. The number of carbonyl (C=O) groups excluding carboxylic acids is 2. The van der Waals surface area contributed by atoms with Gasteiger partial charge in [0.25, 0.3) is 7.82 Å². The molecule has 0 radical (unpaired) electrons. The van der Waals surface area contributed by atoms with E-state index in [1.165, 1.54) is 51.4 Å². The van der Waals surface area contributed by atoms with Crippen molar-refractivity contribution in [3.8, 4) is 0 Å². The molecule has 0 N–H and O–H groups in total. The van der Waals surface area contributed by atoms with E-state index in [4.69, 9.17) is 18.5 Å². The van der Waals surface area contributed by atoms with E-state index in [1.54, 1.807) is 0 Å². The highest BCUT2D eigenvalue weighted by atomic mass is 31.2. The highest BCUT2D eigenvalue weighted by molar-refractivity contribution is 7.45. The molecule has 0 bridgehead atoms. The van der Waals surface area contributed by atoms with Crippen molar-refractivity contribution in [1.29, 1.82) is 0 Å². The first-order valence-electron chi connectivity index (χ1n) is 39.7. The molecule has 0 aromatic carbocycles. The Kier molecular flexibility index (Phi) is 74.1. The second kappa shape index (κ2) is 78.9. The van der Waals surface area contributed by atoms with Gasteiger partial charge in [-0.25, -0.2) is 0 Å². The van der Waals surface area contributed by atoms with E-state index >= 15 is 0 Å². The Hall–Kier alpha value is -6.19. The minimum absolute atomic E-state index is 0.0468. The minimum Gasteiger partial charge on any atom is -0.756 e. The van der Waals surface area contributed by atoms with Crippen molar-refractivity contribution in [3.05, 3.63) is 243 Å². The predicted octanol–water partition coefficient (Wildman–Crippen LogP) is 26.4. The molecule has 0 saturated carbocycles. The molecule has 0 saturated heterocycles. The maximum absolute atomic E-state index is 12.9. The van der Waals surface area contributed by atoms with Gasteiger partial charge >= 0.3 is 11.9 Å². The fourth-order valence-corrected chi connectivity index (χ4v) is 10.6. The van der Waals surface area contributed by atoms with Crippen LogP contribution in [0.2, 0.25) is 0 Å². The van der Waals surface area contributed by atoms with Crippen LogP contribution >= 0.6 is 7.82 Å². The first kappa shape index (κ1) is 95.8. The quantitative estimate of drug-likeness (QED) is 0.0195. The fraction of sp³-hybridized carbons (Fsp3) is 0.543. The maximum Gasteiger partial charge on any atom is 0.306 e. The van der Waals surface area contributed by atoms with Crippen LogP contribution in [-0.4, -0.2) is 70.0 Å². The van der Waals surface area contributed by atoms with E-state index in [1.807, 2.05) is 21.1 Å². The molecule has 0 fully saturated rings. The Morgan fingerprint density at radius 2 is 0.529 bits per heavy atom. The van der Waals surface area contributed by atoms with Crippen molar-refractivity contribution >= 4 is 19.8 Å². The summed E-state index contributed by atoms with van der Waals surface area (Å²) in [4.78, 5) is 38.2. The van der Waals surface area contributed by atoms with Crippen molar-refractivity contribution < 1.29 is 42.1 Å². The molecule has 9 nitrogen and oxygen atoms in total. The van der Waals surface area contributed by atoms with Gasteiger partial charge in [0.2, 0.25) is 0 Å². The van der Waals surface area contributed by atoms with Crippen LogP contribution in [0.3, 0.4) is 0 Å². The lowest BCUT2D eigenvalue weighted by molar-refractivity contribution is -0.870. The van der Waals surface area contributed by atoms with Gasteiger partial charge in [-0.05, 0) is 167 Å². The average Bonchev–Trinajstić information content (AvgIpc) is 0.935. The van der Waals surface area contributed by atoms with E-state index in [0.717, 1.165) is 180 Å². The number of hydrogen-bond donors (Lipinski definition) is 0. The fourth-order valence-electron chi connectivity index (χ4n) is 9.89. The number of phosphoric ester groups is 1. The van der Waals surface area contributed by atoms with Crippen molar-refractivity contribution in [2.75, 3.05) is 47.5 Å². The van der Waals surface area contributed by atoms with Crippen molar-refractivity contribution in [2.24, 2.45) is 0 Å². The topological polar surface area (TPSA) is 111 Å². The minimum atomic E-state index is -4.67. The van der Waals surface area contributed by atoms with E-state index in [2.05, 4.69) is 257 Å². The van der Waals surface area contributed by atoms with E-state index < -0.39 is 32.5 Å². The molecule has 570 valence electrons. The number of unbranched alkanes of at least 4 members (excludes halogenated alkanes) is 16. The highest BCUT2D eigenvalue weighted by Crippen LogP contribution is 2.38. The maximum atomic E-state index is 12.9. The molecule has 2 atom stereocenters. The molecule has 0 heterocycles. The third-order valence-electron chi connectivity index (χ3n) is 15.9. The number of phosphoric acid groups is 1. The zero-order chi connectivity index (χ0) is 74.0. The van der Waals surface area contributed by atoms with Gasteiger partial charge in [-0.2, -0.15) is 0 Å². The van der Waals surface area contributed by atoms with Gasteiger partial charge in [0, 0.05) is 12.8 Å². The Morgan fingerprint density at radius 1 is 0.304 bits per heavy atom. The Bertz CT molecular complexity index is 2630. The molecule has 0 aromatic rings. The molecule has 0 aromatic heterocycles. The summed E-state index contributed by atoms with van der Waals surface area (Å²) in [5.41, 5.74) is 0. The number of carbonyl (C=O) groups is 2. The smallest absolute Gasteiger partial charge is 0.306 e. The largest absolute Gasteiger partial charge is 0.756 e. The number of ether oxygens (including phenoxy) is 2. The monoisotopic (exact) mass is 1420 g/mol. The average molecular weight is 1420 g/mol. The van der Waals surface area contributed by atoms with Gasteiger partial charge in [-0.15, -0.1) is 0 Å². The first-order chi connectivity index (χ1) is 50.0. The normalized spacial score (nSPS) is 14.4. The van der Waals surface area contributed by atoms with E-state index in [-0.39, 0.29) is 26.1 Å². The van der Waals surface area contributed by atoms with Crippen LogP contribution < -0.4 is 4.89 Å². The Morgan fingerprint density at radius 3 is 0.784 bits per heavy atom. The predicted molar refractivity (Wildman–Crippen MR) is 442 cm³/mol. The number of likely N-dealkylation sites (N-methyl/N-ethyl adjacent to an activating group) is 1. The summed E-state index contributed by atoms with van der Waals surface area (Å²) in [5.74, 6) is -0.868. The number of nitrogens with zero attached hydrogens (tertiary/aromatic N) is 1. The van der Waals surface area contributed by atoms with Crippen LogP contribution in [0.15, 0.2) is 243 Å². The number of allylic oxidation sites excluding steroid dienone is 40. The summed E-state index contributed by atoms with van der Waals surface area (Å²) in [6.07, 6.45) is 128. The molecule has 10 heteroatoms. The third-order valence-corrected chi connectivity index (χ3v) is 16.8. The zero-order valence-corrected chi connectivity index (χ0v) is 65.8. The number of quaternary nitrogens is 1. The summed E-state index contributed by atoms with van der Waals surface area (Å²) in [6, 6.07) is 0. The summed E-state index contributed by atoms with van der Waals surface area (Å²) in [7, 11) is 1.12. The lowest BCUT2D eigenvalue weighted by Crippen LogP contribution is -2.37. The standard InChI is InChI=1S/C92H144NO8P/c1-6-8-10-12-14-16-18-20-22-24-26-28-30-32-34-36-38-40-42-44-46-48-50-52-54-56-58-60-62-64-66-68-70-72-74-76-78-80-82-84-91(94)98-88-90(89-100-102(96,97)99-87-86-93(3,4)5)101-92(95)85-83-81-79-77-75-73-71-69-67-65-63-61-59-57-55-53-51-49-47-45-43-41-39-37-35-33-31-29-27-25-23-21-19-17-15-13-11-9-7-2/h8-11,14-17,20-23,26-29,32-35,38-41,44-47,50-53,56-59,62-65,90H,6-7,12-13,18-19,24-25,30-31,36-37,42-43,48-49,54-55,60-61,66-89H2,1-5H3/b10-8-,11-9-,16-14-,17-15-,22-20-,23-21-,28-26-,29-27-,34-32-,35-33-,40-38-,41-39-,46-44-,47-45-,52-50-,53-51-,58-56-,59-57-,64-62-,65-63-. The highest BCUT2D eigenvalue weighted by Gasteiger charge is 2.22. The molecular weight excluding hydrogens is 1280 g/mol. The van der Waals surface area contributed by atoms with Gasteiger partial charge in [0.1, 0.15) is 19.8 Å². The van der Waals surface area contributed by atoms with Crippen molar-refractivity contribution in [3.63, 3.8) is 0 Å². The molecule has 0 amide bonds. The second-order valence-electron chi connectivity index (χ2n) is 26.6. The summed E-state index contributed by atoms with van der Waals surface area (Å²) in [6.45, 7) is 3.97. The van der Waals surface area contributed by atoms with Crippen LogP contribution in [0.25, 0.3) is 0 Å². The lowest BCUT2D eigenvalue weighted by atomic mass is 10.1. The van der Waals surface area contributed by atoms with Gasteiger partial charge in [0.05, 0.1) is 27.7 Å². The van der Waals surface area contributed by atoms with Crippen LogP contribution in [0.5, 0.6) is 0 Å². The Labute approximate surface area is 625 Å². The number of esters is 2. The second-order valence-corrected chi connectivity index (χ2v) is 28.0. The first-order valence-corrected chi connectivity index (χ1v) is 41.2. The van der Waals surface area contributed by atoms with Crippen molar-refractivity contribution in [2.45, 2.75) is 277 Å². The molecule has 102 heavy (non-hydrogen) atoms. The van der Waals surface area contributed by atoms with Crippen LogP contribution in [-0.2, 0) is 32.7 Å². The van der Waals surface area contributed by atoms with Crippen LogP contribution in [0.1, 0.15) is 271 Å². The SMILES string of the molecule is CC/C=C\C/C=C\C/C=C\C/C=C\C/C=C\C/C=C\C/C=C\C/C=C\C/C=C\C/C=C\CCCCCCCCCCC(=O)OCC(COP(=O)([O-])OCC[N+](C)(C)C)OC(=O)CCCCCCCCCC/C=C\C/C=C\C/C=C\C/C=C\C/C=C\C/C=C\C/C=C\C/C=C\C/C=C\C/C=C\CC. The van der Waals surface area contributed by atoms with Gasteiger partial charge < -0.3 is 27.9 Å².